The van der Waals surface area contributed by atoms with E-state index in [0.717, 1.165) is 56.6 Å². The molecule has 2 N–H and O–H groups in total. The average Bonchev–Trinajstić information content (AvgIpc) is 3.27. The minimum absolute atomic E-state index is 0.00318. The summed E-state index contributed by atoms with van der Waals surface area (Å²) < 4.78 is 19.1. The van der Waals surface area contributed by atoms with Gasteiger partial charge < -0.3 is 15.1 Å². The fourth-order valence-corrected chi connectivity index (χ4v) is 5.14. The van der Waals surface area contributed by atoms with E-state index >= 15 is 0 Å². The first kappa shape index (κ1) is 23.2. The van der Waals surface area contributed by atoms with Gasteiger partial charge in [0, 0.05) is 49.4 Å². The maximum Gasteiger partial charge on any atom is 0.287 e. The number of amides is 2. The molecule has 182 valence electrons. The van der Waals surface area contributed by atoms with E-state index in [9.17, 15) is 18.8 Å². The molecule has 1 atom stereocenters. The Labute approximate surface area is 202 Å². The van der Waals surface area contributed by atoms with Gasteiger partial charge in [0.05, 0.1) is 5.39 Å². The highest BCUT2D eigenvalue weighted by molar-refractivity contribution is 5.93. The van der Waals surface area contributed by atoms with Crippen LogP contribution >= 0.6 is 0 Å². The van der Waals surface area contributed by atoms with Gasteiger partial charge in [-0.05, 0) is 61.1 Å². The van der Waals surface area contributed by atoms with Crippen molar-refractivity contribution in [2.45, 2.75) is 51.1 Å². The molecule has 0 spiro atoms. The van der Waals surface area contributed by atoms with Crippen LogP contribution in [0, 0.1) is 5.82 Å². The summed E-state index contributed by atoms with van der Waals surface area (Å²) in [5, 5.41) is 6.16. The highest BCUT2D eigenvalue weighted by Gasteiger charge is 2.32. The topological polar surface area (TPSA) is 91.7 Å². The predicted molar refractivity (Wildman–Crippen MR) is 131 cm³/mol. The molecule has 0 bridgehead atoms. The molecule has 1 aromatic heterocycles. The fraction of sp³-hybridized carbons (Fsp3) is 0.370. The van der Waals surface area contributed by atoms with E-state index < -0.39 is 11.7 Å². The number of carbonyl (C=O) groups is 2. The molecule has 0 radical (unpaired) electrons. The van der Waals surface area contributed by atoms with Crippen molar-refractivity contribution in [1.82, 2.24) is 10.2 Å². The van der Waals surface area contributed by atoms with E-state index in [1.54, 1.807) is 0 Å². The van der Waals surface area contributed by atoms with Crippen molar-refractivity contribution in [3.8, 4) is 0 Å². The number of aryl methyl sites for hydroxylation is 1. The van der Waals surface area contributed by atoms with Gasteiger partial charge in [0.15, 0.2) is 11.2 Å². The third kappa shape index (κ3) is 4.84. The van der Waals surface area contributed by atoms with Gasteiger partial charge in [0.25, 0.3) is 5.91 Å². The third-order valence-corrected chi connectivity index (χ3v) is 7.02. The second-order valence-corrected chi connectivity index (χ2v) is 9.27. The number of likely N-dealkylation sites (tertiary alicyclic amines) is 1. The van der Waals surface area contributed by atoms with Crippen molar-refractivity contribution in [2.24, 2.45) is 0 Å². The van der Waals surface area contributed by atoms with Crippen LogP contribution in [0.25, 0.3) is 11.0 Å². The molecule has 0 saturated carbocycles. The molecule has 2 amide bonds. The number of nitrogens with zero attached hydrogens (tertiary/aromatic N) is 1. The van der Waals surface area contributed by atoms with Crippen molar-refractivity contribution in [1.29, 1.82) is 0 Å². The van der Waals surface area contributed by atoms with Gasteiger partial charge in [0.1, 0.15) is 11.4 Å². The zero-order valence-electron chi connectivity index (χ0n) is 19.6. The second kappa shape index (κ2) is 9.62. The van der Waals surface area contributed by atoms with Crippen LogP contribution in [0.15, 0.2) is 51.7 Å². The Hall–Kier alpha value is -3.52. The highest BCUT2D eigenvalue weighted by atomic mass is 19.1. The third-order valence-electron chi connectivity index (χ3n) is 7.02. The number of fused-ring (bicyclic) bond motifs is 2. The highest BCUT2D eigenvalue weighted by Crippen LogP contribution is 2.38. The van der Waals surface area contributed by atoms with Gasteiger partial charge in [-0.3, -0.25) is 19.3 Å². The van der Waals surface area contributed by atoms with E-state index in [4.69, 9.17) is 4.42 Å². The Morgan fingerprint density at radius 2 is 1.89 bits per heavy atom. The summed E-state index contributed by atoms with van der Waals surface area (Å²) in [5.41, 5.74) is 3.11. The zero-order valence-corrected chi connectivity index (χ0v) is 19.6. The minimum atomic E-state index is -0.529. The average molecular weight is 478 g/mol. The van der Waals surface area contributed by atoms with Crippen molar-refractivity contribution < 1.29 is 18.4 Å². The van der Waals surface area contributed by atoms with Gasteiger partial charge in [-0.2, -0.15) is 0 Å². The number of piperidine rings is 1. The Morgan fingerprint density at radius 1 is 1.09 bits per heavy atom. The van der Waals surface area contributed by atoms with Crippen LogP contribution in [0.5, 0.6) is 0 Å². The quantitative estimate of drug-likeness (QED) is 0.576. The molecule has 1 aliphatic carbocycles. The van der Waals surface area contributed by atoms with Crippen molar-refractivity contribution in [3.63, 3.8) is 0 Å². The Bertz CT molecular complexity index is 1340. The first-order chi connectivity index (χ1) is 16.9. The smallest absolute Gasteiger partial charge is 0.287 e. The molecule has 2 aromatic carbocycles. The Kier molecular flexibility index (Phi) is 6.38. The van der Waals surface area contributed by atoms with Crippen LogP contribution in [0.4, 0.5) is 10.1 Å². The van der Waals surface area contributed by atoms with Crippen molar-refractivity contribution >= 4 is 28.5 Å². The molecule has 1 fully saturated rings. The van der Waals surface area contributed by atoms with Gasteiger partial charge in [-0.1, -0.05) is 13.0 Å². The number of hydrogen-bond acceptors (Lipinski definition) is 5. The molecule has 1 saturated heterocycles. The lowest BCUT2D eigenvalue weighted by Gasteiger charge is -2.36. The number of benzene rings is 2. The Balaban J connectivity index is 1.22. The number of carbonyl (C=O) groups excluding carboxylic acids is 2. The van der Waals surface area contributed by atoms with Gasteiger partial charge in [-0.15, -0.1) is 0 Å². The largest absolute Gasteiger partial charge is 0.451 e. The number of anilines is 1. The second-order valence-electron chi connectivity index (χ2n) is 9.27. The monoisotopic (exact) mass is 477 g/mol. The van der Waals surface area contributed by atoms with Gasteiger partial charge in [-0.25, -0.2) is 4.39 Å². The lowest BCUT2D eigenvalue weighted by Crippen LogP contribution is -2.45. The normalized spacial score (nSPS) is 18.4. The Morgan fingerprint density at radius 3 is 2.66 bits per heavy atom. The van der Waals surface area contributed by atoms with Crippen LogP contribution in [-0.4, -0.2) is 35.8 Å². The number of rotatable bonds is 5. The molecule has 8 heteroatoms. The molecule has 2 heterocycles. The molecular formula is C27H28FN3O4. The molecule has 1 unspecified atom stereocenters. The lowest BCUT2D eigenvalue weighted by atomic mass is 9.99. The molecule has 7 nitrogen and oxygen atoms in total. The van der Waals surface area contributed by atoms with E-state index in [1.807, 2.05) is 13.0 Å². The van der Waals surface area contributed by atoms with Crippen LogP contribution in [0.3, 0.4) is 0 Å². The minimum Gasteiger partial charge on any atom is -0.451 e. The predicted octanol–water partition coefficient (Wildman–Crippen LogP) is 4.16. The van der Waals surface area contributed by atoms with E-state index in [2.05, 4.69) is 27.7 Å². The first-order valence-corrected chi connectivity index (χ1v) is 12.1. The van der Waals surface area contributed by atoms with E-state index in [-0.39, 0.29) is 34.1 Å². The number of hydrogen-bond donors (Lipinski definition) is 2. The summed E-state index contributed by atoms with van der Waals surface area (Å²) in [4.78, 5) is 39.3. The summed E-state index contributed by atoms with van der Waals surface area (Å²) in [6.45, 7) is 3.49. The number of halogens is 1. The first-order valence-electron chi connectivity index (χ1n) is 12.1. The molecule has 3 aromatic rings. The molecule has 35 heavy (non-hydrogen) atoms. The van der Waals surface area contributed by atoms with Gasteiger partial charge >= 0.3 is 0 Å². The molecule has 2 aliphatic rings. The zero-order chi connectivity index (χ0) is 24.5. The molecular weight excluding hydrogens is 449 g/mol. The van der Waals surface area contributed by atoms with Crippen molar-refractivity contribution in [3.05, 3.63) is 75.4 Å². The van der Waals surface area contributed by atoms with Crippen LogP contribution in [0.2, 0.25) is 0 Å². The number of nitrogens with one attached hydrogen (secondary N) is 2. The van der Waals surface area contributed by atoms with Gasteiger partial charge in [0.2, 0.25) is 5.91 Å². The summed E-state index contributed by atoms with van der Waals surface area (Å²) in [6.07, 6.45) is 4.04. The summed E-state index contributed by atoms with van der Waals surface area (Å²) in [7, 11) is 0. The van der Waals surface area contributed by atoms with Crippen molar-refractivity contribution in [2.75, 3.05) is 18.4 Å². The van der Waals surface area contributed by atoms with E-state index in [1.165, 1.54) is 23.3 Å². The van der Waals surface area contributed by atoms with Crippen LogP contribution < -0.4 is 16.1 Å². The molecule has 5 rings (SSSR count). The van der Waals surface area contributed by atoms with E-state index in [0.29, 0.717) is 12.5 Å². The standard InChI is InChI=1S/C27H28FN3O4/c1-2-26(33)29-19-6-3-16-4-8-22(21(16)14-19)31-11-9-18(10-12-31)30-27(34)25-15-23(32)20-7-5-17(28)13-24(20)35-25/h3,5-7,13-15,18,22H,2,4,8-12H2,1H3,(H,29,33)(H,30,34). The summed E-state index contributed by atoms with van der Waals surface area (Å²) >= 11 is 0. The van der Waals surface area contributed by atoms with Crippen LogP contribution in [-0.2, 0) is 11.2 Å². The summed E-state index contributed by atoms with van der Waals surface area (Å²) in [5.74, 6) is -1.10. The maximum atomic E-state index is 13.5. The van der Waals surface area contributed by atoms with Crippen LogP contribution in [0.1, 0.15) is 60.3 Å². The molecule has 1 aliphatic heterocycles. The fourth-order valence-electron chi connectivity index (χ4n) is 5.14. The lowest BCUT2D eigenvalue weighted by molar-refractivity contribution is -0.115. The maximum absolute atomic E-state index is 13.5. The summed E-state index contributed by atoms with van der Waals surface area (Å²) in [6, 6.07) is 11.3. The SMILES string of the molecule is CCC(=O)Nc1ccc2c(c1)C(N1CCC(NC(=O)c3cc(=O)c4ccc(F)cc4o3)CC1)CC2.